The van der Waals surface area contributed by atoms with Crippen LogP contribution in [0.1, 0.15) is 53.4 Å². The standard InChI is InChI=1S/C15H26O.2H2O/c1-13(2)7-5-8-14(3)9-6-10-15(4)11-12-16;;/h7,9,11,16H,5-6,8,10,12H2,1-4H3;2*1H2/b14-9-,15-11+;;. The Kier molecular flexibility index (Phi) is 17.5. The smallest absolute Gasteiger partial charge is 0.0614 e. The van der Waals surface area contributed by atoms with E-state index in [0.717, 1.165) is 25.7 Å². The second kappa shape index (κ2) is 14.2. The molecule has 0 aromatic carbocycles. The Morgan fingerprint density at radius 1 is 0.778 bits per heavy atom. The van der Waals surface area contributed by atoms with Crippen LogP contribution < -0.4 is 0 Å². The van der Waals surface area contributed by atoms with E-state index >= 15 is 0 Å². The lowest BCUT2D eigenvalue weighted by Crippen LogP contribution is -1.82. The minimum Gasteiger partial charge on any atom is -0.412 e. The van der Waals surface area contributed by atoms with Crippen LogP contribution in [0.2, 0.25) is 0 Å². The summed E-state index contributed by atoms with van der Waals surface area (Å²) in [6, 6.07) is 0. The van der Waals surface area contributed by atoms with Gasteiger partial charge in [0.25, 0.3) is 0 Å². The summed E-state index contributed by atoms with van der Waals surface area (Å²) in [7, 11) is 0. The molecule has 108 valence electrons. The van der Waals surface area contributed by atoms with Crippen LogP contribution in [0, 0.1) is 0 Å². The quantitative estimate of drug-likeness (QED) is 0.700. The van der Waals surface area contributed by atoms with Crippen LogP contribution >= 0.6 is 0 Å². The van der Waals surface area contributed by atoms with Gasteiger partial charge in [-0.05, 0) is 53.4 Å². The van der Waals surface area contributed by atoms with Crippen LogP contribution in [0.3, 0.4) is 0 Å². The molecule has 0 aliphatic carbocycles. The van der Waals surface area contributed by atoms with Crippen molar-refractivity contribution in [1.29, 1.82) is 0 Å². The minimum absolute atomic E-state index is 0. The normalized spacial score (nSPS) is 11.4. The van der Waals surface area contributed by atoms with Gasteiger partial charge in [-0.1, -0.05) is 34.9 Å². The molecule has 0 bridgehead atoms. The SMILES string of the molecule is CC(C)=CCC/C(C)=C\CC/C(C)=C/CO.O.O. The van der Waals surface area contributed by atoms with Gasteiger partial charge in [0.2, 0.25) is 0 Å². The molecule has 5 N–H and O–H groups in total. The van der Waals surface area contributed by atoms with Crippen molar-refractivity contribution in [2.75, 3.05) is 6.61 Å². The average Bonchev–Trinajstić information content (AvgIpc) is 2.17. The maximum atomic E-state index is 8.72. The van der Waals surface area contributed by atoms with Gasteiger partial charge in [0.05, 0.1) is 6.61 Å². The number of hydrogen-bond acceptors (Lipinski definition) is 1. The Hall–Kier alpha value is -0.900. The van der Waals surface area contributed by atoms with Crippen molar-refractivity contribution in [2.24, 2.45) is 0 Å². The molecule has 0 saturated heterocycles. The van der Waals surface area contributed by atoms with Crippen LogP contribution in [0.25, 0.3) is 0 Å². The molecule has 0 aliphatic heterocycles. The third-order valence-electron chi connectivity index (χ3n) is 2.56. The molecule has 3 heteroatoms. The highest BCUT2D eigenvalue weighted by molar-refractivity contribution is 5.05. The average molecular weight is 258 g/mol. The number of aliphatic hydroxyl groups excluding tert-OH is 1. The predicted octanol–water partition coefficient (Wildman–Crippen LogP) is 2.75. The number of hydrogen-bond donors (Lipinski definition) is 1. The van der Waals surface area contributed by atoms with E-state index in [9.17, 15) is 0 Å². The van der Waals surface area contributed by atoms with Gasteiger partial charge in [0, 0.05) is 0 Å². The van der Waals surface area contributed by atoms with Crippen LogP contribution in [0.4, 0.5) is 0 Å². The highest BCUT2D eigenvalue weighted by Crippen LogP contribution is 2.10. The molecule has 0 aliphatic rings. The predicted molar refractivity (Wildman–Crippen MR) is 79.7 cm³/mol. The van der Waals surface area contributed by atoms with Gasteiger partial charge in [-0.25, -0.2) is 0 Å². The molecule has 0 saturated carbocycles. The lowest BCUT2D eigenvalue weighted by atomic mass is 10.1. The van der Waals surface area contributed by atoms with E-state index in [-0.39, 0.29) is 17.6 Å². The summed E-state index contributed by atoms with van der Waals surface area (Å²) in [6.07, 6.45) is 10.9. The molecule has 0 heterocycles. The summed E-state index contributed by atoms with van der Waals surface area (Å²) >= 11 is 0. The van der Waals surface area contributed by atoms with Crippen LogP contribution in [0.15, 0.2) is 34.9 Å². The van der Waals surface area contributed by atoms with E-state index in [4.69, 9.17) is 5.11 Å². The van der Waals surface area contributed by atoms with Crippen LogP contribution in [-0.4, -0.2) is 22.7 Å². The first-order valence-electron chi connectivity index (χ1n) is 6.11. The summed E-state index contributed by atoms with van der Waals surface area (Å²) in [6.45, 7) is 8.71. The fourth-order valence-electron chi connectivity index (χ4n) is 1.49. The second-order valence-electron chi connectivity index (χ2n) is 4.64. The third-order valence-corrected chi connectivity index (χ3v) is 2.56. The maximum Gasteiger partial charge on any atom is 0.0614 e. The van der Waals surface area contributed by atoms with Crippen molar-refractivity contribution in [3.63, 3.8) is 0 Å². The highest BCUT2D eigenvalue weighted by Gasteiger charge is 1.91. The number of rotatable bonds is 7. The van der Waals surface area contributed by atoms with Gasteiger partial charge in [0.1, 0.15) is 0 Å². The lowest BCUT2D eigenvalue weighted by molar-refractivity contribution is 0.341. The fourth-order valence-corrected chi connectivity index (χ4v) is 1.49. The van der Waals surface area contributed by atoms with Gasteiger partial charge in [-0.3, -0.25) is 0 Å². The molecule has 0 amide bonds. The monoisotopic (exact) mass is 258 g/mol. The van der Waals surface area contributed by atoms with Crippen molar-refractivity contribution in [2.45, 2.75) is 53.4 Å². The molecular formula is C15H30O3. The van der Waals surface area contributed by atoms with E-state index in [1.54, 1.807) is 0 Å². The Bertz CT molecular complexity index is 271. The van der Waals surface area contributed by atoms with Crippen LogP contribution in [0.5, 0.6) is 0 Å². The lowest BCUT2D eigenvalue weighted by Gasteiger charge is -2.00. The van der Waals surface area contributed by atoms with Crippen molar-refractivity contribution in [3.8, 4) is 0 Å². The highest BCUT2D eigenvalue weighted by atomic mass is 16.2. The molecule has 0 spiro atoms. The molecule has 0 rings (SSSR count). The first-order valence-corrected chi connectivity index (χ1v) is 6.11. The topological polar surface area (TPSA) is 83.2 Å². The summed E-state index contributed by atoms with van der Waals surface area (Å²) in [5.74, 6) is 0. The molecule has 0 fully saturated rings. The first kappa shape index (κ1) is 22.3. The van der Waals surface area contributed by atoms with Gasteiger partial charge in [-0.15, -0.1) is 0 Å². The van der Waals surface area contributed by atoms with Gasteiger partial charge >= 0.3 is 0 Å². The third kappa shape index (κ3) is 15.1. The number of aliphatic hydroxyl groups is 1. The molecule has 0 aromatic rings. The maximum absolute atomic E-state index is 8.72. The van der Waals surface area contributed by atoms with Gasteiger partial charge in [-0.2, -0.15) is 0 Å². The molecule has 0 aromatic heterocycles. The summed E-state index contributed by atoms with van der Waals surface area (Å²) < 4.78 is 0. The van der Waals surface area contributed by atoms with Gasteiger partial charge < -0.3 is 16.1 Å². The molecule has 0 radical (unpaired) electrons. The summed E-state index contributed by atoms with van der Waals surface area (Å²) in [4.78, 5) is 0. The van der Waals surface area contributed by atoms with E-state index in [1.807, 2.05) is 6.08 Å². The molecule has 18 heavy (non-hydrogen) atoms. The van der Waals surface area contributed by atoms with Crippen LogP contribution in [-0.2, 0) is 0 Å². The Morgan fingerprint density at radius 2 is 1.22 bits per heavy atom. The molecule has 0 atom stereocenters. The Labute approximate surface area is 112 Å². The zero-order valence-corrected chi connectivity index (χ0v) is 12.2. The van der Waals surface area contributed by atoms with E-state index in [1.165, 1.54) is 16.7 Å². The zero-order valence-electron chi connectivity index (χ0n) is 12.2. The summed E-state index contributed by atoms with van der Waals surface area (Å²) in [5.41, 5.74) is 4.14. The van der Waals surface area contributed by atoms with E-state index in [2.05, 4.69) is 39.8 Å². The Morgan fingerprint density at radius 3 is 1.67 bits per heavy atom. The first-order chi connectivity index (χ1) is 7.56. The largest absolute Gasteiger partial charge is 0.412 e. The van der Waals surface area contributed by atoms with E-state index < -0.39 is 0 Å². The van der Waals surface area contributed by atoms with Crippen molar-refractivity contribution >= 4 is 0 Å². The molecule has 0 unspecified atom stereocenters. The number of allylic oxidation sites excluding steroid dienone is 5. The summed E-state index contributed by atoms with van der Waals surface area (Å²) in [5, 5.41) is 8.72. The Balaban J connectivity index is -0.00000112. The van der Waals surface area contributed by atoms with Crippen molar-refractivity contribution in [3.05, 3.63) is 34.9 Å². The second-order valence-corrected chi connectivity index (χ2v) is 4.64. The molecule has 3 nitrogen and oxygen atoms in total. The van der Waals surface area contributed by atoms with Gasteiger partial charge in [0.15, 0.2) is 0 Å². The minimum atomic E-state index is 0. The van der Waals surface area contributed by atoms with E-state index in [0.29, 0.717) is 0 Å². The molecular weight excluding hydrogens is 228 g/mol. The zero-order chi connectivity index (χ0) is 12.4. The van der Waals surface area contributed by atoms with Crippen molar-refractivity contribution in [1.82, 2.24) is 0 Å². The fraction of sp³-hybridized carbons (Fsp3) is 0.600. The van der Waals surface area contributed by atoms with Crippen molar-refractivity contribution < 1.29 is 16.1 Å².